The van der Waals surface area contributed by atoms with E-state index >= 15 is 0 Å². The fraction of sp³-hybridized carbons (Fsp3) is 0.100. The Hall–Kier alpha value is -5.09. The summed E-state index contributed by atoms with van der Waals surface area (Å²) in [6, 6.07) is 24.2. The zero-order valence-corrected chi connectivity index (χ0v) is 22.3. The maximum Gasteiger partial charge on any atom is 0.268 e. The Kier molecular flexibility index (Phi) is 6.90. The number of hydrogen-bond acceptors (Lipinski definition) is 7. The number of aryl methyl sites for hydroxylation is 2. The van der Waals surface area contributed by atoms with Crippen molar-refractivity contribution in [3.63, 3.8) is 0 Å². The molecule has 0 atom stereocenters. The molecular formula is C30H24N6O3S. The normalized spacial score (nSPS) is 11.0. The first-order chi connectivity index (χ1) is 19.6. The van der Waals surface area contributed by atoms with Gasteiger partial charge in [0, 0.05) is 43.2 Å². The Morgan fingerprint density at radius 3 is 2.65 bits per heavy atom. The Bertz CT molecular complexity index is 1780. The van der Waals surface area contributed by atoms with Crippen LogP contribution < -0.4 is 10.2 Å². The van der Waals surface area contributed by atoms with Crippen molar-refractivity contribution in [1.29, 1.82) is 0 Å². The number of fused-ring (bicyclic) bond motifs is 1. The van der Waals surface area contributed by atoms with Gasteiger partial charge in [0.2, 0.25) is 5.95 Å². The molecule has 1 N–H and O–H groups in total. The van der Waals surface area contributed by atoms with E-state index in [2.05, 4.69) is 15.3 Å². The molecule has 6 rings (SSSR count). The minimum atomic E-state index is -0.276. The van der Waals surface area contributed by atoms with Gasteiger partial charge in [-0.15, -0.1) is 11.3 Å². The van der Waals surface area contributed by atoms with E-state index in [1.165, 1.54) is 17.7 Å². The van der Waals surface area contributed by atoms with Crippen LogP contribution in [0.25, 0.3) is 21.7 Å². The third kappa shape index (κ3) is 5.12. The lowest BCUT2D eigenvalue weighted by Gasteiger charge is -2.17. The minimum absolute atomic E-state index is 0.122. The van der Waals surface area contributed by atoms with Crippen LogP contribution in [0.2, 0.25) is 0 Å². The van der Waals surface area contributed by atoms with E-state index in [4.69, 9.17) is 9.40 Å². The third-order valence-electron chi connectivity index (χ3n) is 6.49. The number of rotatable bonds is 8. The molecule has 2 amide bonds. The SMILES string of the molecule is CN(C(=O)c1ccccc1)c1ccc2c(c1)nc(NC(=O)c1ccc(-c3cnco3)s1)n2CCc1ccccn1. The fourth-order valence-corrected chi connectivity index (χ4v) is 5.26. The van der Waals surface area contributed by atoms with Gasteiger partial charge in [0.05, 0.1) is 27.0 Å². The van der Waals surface area contributed by atoms with Gasteiger partial charge in [0.25, 0.3) is 11.8 Å². The summed E-state index contributed by atoms with van der Waals surface area (Å²) in [5, 5.41) is 2.98. The number of carbonyl (C=O) groups excluding carboxylic acids is 2. The number of oxazole rings is 1. The lowest BCUT2D eigenvalue weighted by Crippen LogP contribution is -2.26. The lowest BCUT2D eigenvalue weighted by molar-refractivity contribution is 0.0991. The number of thiophene rings is 1. The van der Waals surface area contributed by atoms with Gasteiger partial charge >= 0.3 is 0 Å². The largest absolute Gasteiger partial charge is 0.443 e. The number of anilines is 2. The molecule has 0 aliphatic carbocycles. The van der Waals surface area contributed by atoms with E-state index in [0.29, 0.717) is 46.3 Å². The van der Waals surface area contributed by atoms with Gasteiger partial charge < -0.3 is 13.9 Å². The molecule has 4 aromatic heterocycles. The number of nitrogens with one attached hydrogen (secondary N) is 1. The number of benzene rings is 2. The number of imidazole rings is 1. The highest BCUT2D eigenvalue weighted by Crippen LogP contribution is 2.30. The molecule has 0 saturated carbocycles. The summed E-state index contributed by atoms with van der Waals surface area (Å²) in [7, 11) is 1.74. The number of pyridine rings is 1. The van der Waals surface area contributed by atoms with E-state index in [0.717, 1.165) is 16.1 Å². The second kappa shape index (κ2) is 11.0. The standard InChI is InChI=1S/C30H24N6O3S/c1-35(29(38)20-7-3-2-4-8-20)22-10-11-24-23(17-22)33-30(36(24)16-14-21-9-5-6-15-32-21)34-28(37)27-13-12-26(40-27)25-18-31-19-39-25/h2-13,15,17-19H,14,16H2,1H3,(H,33,34,37). The van der Waals surface area contributed by atoms with Gasteiger partial charge in [-0.05, 0) is 54.6 Å². The third-order valence-corrected chi connectivity index (χ3v) is 7.59. The number of amides is 2. The highest BCUT2D eigenvalue weighted by molar-refractivity contribution is 7.17. The van der Waals surface area contributed by atoms with Crippen LogP contribution in [0, 0.1) is 0 Å². The molecule has 10 heteroatoms. The molecule has 0 radical (unpaired) electrons. The van der Waals surface area contributed by atoms with Crippen molar-refractivity contribution < 1.29 is 14.0 Å². The summed E-state index contributed by atoms with van der Waals surface area (Å²) >= 11 is 1.31. The first kappa shape index (κ1) is 25.2. The summed E-state index contributed by atoms with van der Waals surface area (Å²) < 4.78 is 7.32. The van der Waals surface area contributed by atoms with Crippen molar-refractivity contribution in [2.75, 3.05) is 17.3 Å². The van der Waals surface area contributed by atoms with Crippen molar-refractivity contribution in [2.24, 2.45) is 0 Å². The zero-order chi connectivity index (χ0) is 27.5. The van der Waals surface area contributed by atoms with Crippen molar-refractivity contribution in [3.8, 4) is 10.6 Å². The molecule has 0 unspecified atom stereocenters. The molecule has 0 aliphatic heterocycles. The average molecular weight is 549 g/mol. The van der Waals surface area contributed by atoms with Gasteiger partial charge in [0.1, 0.15) is 0 Å². The maximum atomic E-state index is 13.3. The van der Waals surface area contributed by atoms with Gasteiger partial charge in [-0.3, -0.25) is 19.9 Å². The molecule has 0 saturated heterocycles. The number of carbonyl (C=O) groups is 2. The highest BCUT2D eigenvalue weighted by atomic mass is 32.1. The summed E-state index contributed by atoms with van der Waals surface area (Å²) in [6.45, 7) is 0.551. The Labute approximate surface area is 233 Å². The van der Waals surface area contributed by atoms with Crippen molar-refractivity contribution >= 4 is 45.8 Å². The van der Waals surface area contributed by atoms with Crippen molar-refractivity contribution in [2.45, 2.75) is 13.0 Å². The minimum Gasteiger partial charge on any atom is -0.443 e. The van der Waals surface area contributed by atoms with Gasteiger partial charge in [-0.2, -0.15) is 0 Å². The molecule has 9 nitrogen and oxygen atoms in total. The lowest BCUT2D eigenvalue weighted by atomic mass is 10.2. The van der Waals surface area contributed by atoms with E-state index in [1.54, 1.807) is 42.5 Å². The molecule has 198 valence electrons. The smallest absolute Gasteiger partial charge is 0.268 e. The molecule has 0 bridgehead atoms. The van der Waals surface area contributed by atoms with Crippen molar-refractivity contribution in [1.82, 2.24) is 19.5 Å². The van der Waals surface area contributed by atoms with Crippen molar-refractivity contribution in [3.05, 3.63) is 114 Å². The predicted molar refractivity (Wildman–Crippen MR) is 155 cm³/mol. The molecule has 2 aromatic carbocycles. The van der Waals surface area contributed by atoms with Crippen LogP contribution in [0.4, 0.5) is 11.6 Å². The monoisotopic (exact) mass is 548 g/mol. The Morgan fingerprint density at radius 1 is 1.02 bits per heavy atom. The number of aromatic nitrogens is 4. The molecular weight excluding hydrogens is 524 g/mol. The Balaban J connectivity index is 1.31. The molecule has 0 aliphatic rings. The summed E-state index contributed by atoms with van der Waals surface area (Å²) in [5.74, 6) is 0.623. The molecule has 6 aromatic rings. The van der Waals surface area contributed by atoms with Gasteiger partial charge in [-0.1, -0.05) is 24.3 Å². The summed E-state index contributed by atoms with van der Waals surface area (Å²) in [4.78, 5) is 42.4. The second-order valence-electron chi connectivity index (χ2n) is 9.05. The van der Waals surface area contributed by atoms with Gasteiger partial charge in [-0.25, -0.2) is 9.97 Å². The average Bonchev–Trinajstić information content (AvgIpc) is 3.76. The first-order valence-electron chi connectivity index (χ1n) is 12.6. The topological polar surface area (TPSA) is 106 Å². The summed E-state index contributed by atoms with van der Waals surface area (Å²) in [5.41, 5.74) is 3.73. The van der Waals surface area contributed by atoms with Crippen LogP contribution in [-0.4, -0.2) is 38.4 Å². The Morgan fingerprint density at radius 2 is 1.88 bits per heavy atom. The molecule has 0 fully saturated rings. The fourth-order valence-electron chi connectivity index (χ4n) is 4.41. The van der Waals surface area contributed by atoms with E-state index in [1.807, 2.05) is 65.2 Å². The van der Waals surface area contributed by atoms with Gasteiger partial charge in [0.15, 0.2) is 12.2 Å². The zero-order valence-electron chi connectivity index (χ0n) is 21.5. The molecule has 4 heterocycles. The van der Waals surface area contributed by atoms with Crippen LogP contribution in [-0.2, 0) is 13.0 Å². The predicted octanol–water partition coefficient (Wildman–Crippen LogP) is 5.92. The summed E-state index contributed by atoms with van der Waals surface area (Å²) in [6.07, 6.45) is 5.39. The van der Waals surface area contributed by atoms with E-state index in [9.17, 15) is 9.59 Å². The molecule has 0 spiro atoms. The van der Waals surface area contributed by atoms with E-state index in [-0.39, 0.29) is 11.8 Å². The second-order valence-corrected chi connectivity index (χ2v) is 10.1. The van der Waals surface area contributed by atoms with E-state index < -0.39 is 0 Å². The van der Waals surface area contributed by atoms with Crippen LogP contribution in [0.15, 0.2) is 102 Å². The number of nitrogens with zero attached hydrogens (tertiary/aromatic N) is 5. The first-order valence-corrected chi connectivity index (χ1v) is 13.4. The van der Waals surface area contributed by atoms with Crippen LogP contribution in [0.5, 0.6) is 0 Å². The van der Waals surface area contributed by atoms with Crippen LogP contribution in [0.1, 0.15) is 25.7 Å². The quantitative estimate of drug-likeness (QED) is 0.253. The van der Waals surface area contributed by atoms with Crippen LogP contribution in [0.3, 0.4) is 0 Å². The maximum absolute atomic E-state index is 13.3. The molecule has 40 heavy (non-hydrogen) atoms. The number of hydrogen-bond donors (Lipinski definition) is 1. The highest BCUT2D eigenvalue weighted by Gasteiger charge is 2.19. The van der Waals surface area contributed by atoms with Crippen LogP contribution >= 0.6 is 11.3 Å².